The van der Waals surface area contributed by atoms with Crippen LogP contribution in [0.2, 0.25) is 0 Å². The normalized spacial score (nSPS) is 11.6. The number of hydrogen-bond acceptors (Lipinski definition) is 1. The molecule has 0 aromatic carbocycles. The molecule has 1 N–H and O–H groups in total. The molecular weight excluding hydrogens is 154 g/mol. The maximum Gasteiger partial charge on any atom is 0.110 e. The molecule has 0 fully saturated rings. The fraction of sp³-hybridized carbons (Fsp3) is 0.222. The first-order valence-corrected chi connectivity index (χ1v) is 3.97. The van der Waals surface area contributed by atoms with Gasteiger partial charge in [0.25, 0.3) is 0 Å². The number of allylic oxidation sites excluding steroid dienone is 2. The molecule has 0 aliphatic carbocycles. The number of rotatable bonds is 1. The second kappa shape index (κ2) is 3.49. The number of nitrogens with one attached hydrogen (secondary N) is 1. The van der Waals surface area contributed by atoms with Crippen molar-refractivity contribution in [3.8, 4) is 0 Å². The van der Waals surface area contributed by atoms with Gasteiger partial charge in [0, 0.05) is 11.8 Å². The van der Waals surface area contributed by atoms with Gasteiger partial charge in [-0.25, -0.2) is 0 Å². The summed E-state index contributed by atoms with van der Waals surface area (Å²) in [5.74, 6) is 0. The lowest BCUT2D eigenvalue weighted by molar-refractivity contribution is 1.27. The van der Waals surface area contributed by atoms with E-state index in [0.717, 1.165) is 10.2 Å². The molecule has 1 aromatic rings. The third-order valence-electron chi connectivity index (χ3n) is 1.68. The van der Waals surface area contributed by atoms with Crippen molar-refractivity contribution >= 4 is 17.8 Å². The maximum absolute atomic E-state index is 5.10. The average Bonchev–Trinajstić information content (AvgIpc) is 2.04. The van der Waals surface area contributed by atoms with Crippen molar-refractivity contribution < 1.29 is 0 Å². The van der Waals surface area contributed by atoms with Crippen LogP contribution in [0.4, 0.5) is 0 Å². The van der Waals surface area contributed by atoms with E-state index in [9.17, 15) is 0 Å². The van der Waals surface area contributed by atoms with Gasteiger partial charge in [0.05, 0.1) is 0 Å². The highest BCUT2D eigenvalue weighted by Crippen LogP contribution is 2.12. The predicted molar refractivity (Wildman–Crippen MR) is 51.0 cm³/mol. The van der Waals surface area contributed by atoms with Crippen LogP contribution in [0, 0.1) is 4.64 Å². The van der Waals surface area contributed by atoms with E-state index in [2.05, 4.69) is 18.0 Å². The van der Waals surface area contributed by atoms with E-state index in [1.165, 1.54) is 5.57 Å². The van der Waals surface area contributed by atoms with Crippen LogP contribution < -0.4 is 0 Å². The van der Waals surface area contributed by atoms with E-state index in [0.29, 0.717) is 0 Å². The van der Waals surface area contributed by atoms with E-state index < -0.39 is 0 Å². The summed E-state index contributed by atoms with van der Waals surface area (Å²) in [6.07, 6.45) is 3.90. The molecule has 0 amide bonds. The molecule has 0 atom stereocenters. The van der Waals surface area contributed by atoms with Crippen LogP contribution in [0.3, 0.4) is 0 Å². The Morgan fingerprint density at radius 3 is 2.91 bits per heavy atom. The molecule has 1 nitrogen and oxygen atoms in total. The highest BCUT2D eigenvalue weighted by Gasteiger charge is 1.94. The lowest BCUT2D eigenvalue weighted by Gasteiger charge is -1.98. The summed E-state index contributed by atoms with van der Waals surface area (Å²) in [5.41, 5.74) is 2.33. The highest BCUT2D eigenvalue weighted by molar-refractivity contribution is 7.71. The van der Waals surface area contributed by atoms with Crippen LogP contribution in [-0.4, -0.2) is 4.98 Å². The summed E-state index contributed by atoms with van der Waals surface area (Å²) in [7, 11) is 0. The van der Waals surface area contributed by atoms with Crippen LogP contribution in [0.15, 0.2) is 24.4 Å². The molecule has 0 spiro atoms. The zero-order chi connectivity index (χ0) is 8.27. The van der Waals surface area contributed by atoms with Crippen molar-refractivity contribution in [3.05, 3.63) is 34.6 Å². The van der Waals surface area contributed by atoms with E-state index >= 15 is 0 Å². The Hall–Kier alpha value is -0.890. The summed E-state index contributed by atoms with van der Waals surface area (Å²) in [6.45, 7) is 4.07. The zero-order valence-electron chi connectivity index (χ0n) is 6.72. The molecule has 58 valence electrons. The summed E-state index contributed by atoms with van der Waals surface area (Å²) < 4.78 is 0.808. The van der Waals surface area contributed by atoms with E-state index in [4.69, 9.17) is 12.2 Å². The zero-order valence-corrected chi connectivity index (χ0v) is 7.53. The smallest absolute Gasteiger partial charge is 0.110 e. The van der Waals surface area contributed by atoms with Gasteiger partial charge < -0.3 is 4.98 Å². The van der Waals surface area contributed by atoms with Crippen molar-refractivity contribution in [1.82, 2.24) is 4.98 Å². The van der Waals surface area contributed by atoms with Crippen LogP contribution in [-0.2, 0) is 0 Å². The Bertz CT molecular complexity index is 322. The Morgan fingerprint density at radius 2 is 2.36 bits per heavy atom. The van der Waals surface area contributed by atoms with E-state index in [1.54, 1.807) is 0 Å². The first kappa shape index (κ1) is 8.21. The van der Waals surface area contributed by atoms with E-state index in [-0.39, 0.29) is 0 Å². The molecule has 0 saturated heterocycles. The minimum Gasteiger partial charge on any atom is -0.352 e. The lowest BCUT2D eigenvalue weighted by atomic mass is 10.1. The monoisotopic (exact) mass is 165 g/mol. The van der Waals surface area contributed by atoms with Crippen LogP contribution in [0.5, 0.6) is 0 Å². The maximum atomic E-state index is 5.10. The van der Waals surface area contributed by atoms with Crippen LogP contribution in [0.25, 0.3) is 5.57 Å². The minimum atomic E-state index is 0.808. The molecule has 0 radical (unpaired) electrons. The van der Waals surface area contributed by atoms with Gasteiger partial charge in [0.2, 0.25) is 0 Å². The predicted octanol–water partition coefficient (Wildman–Crippen LogP) is 3.17. The molecule has 0 saturated carbocycles. The van der Waals surface area contributed by atoms with Crippen molar-refractivity contribution in [1.29, 1.82) is 0 Å². The average molecular weight is 165 g/mol. The Morgan fingerprint density at radius 1 is 1.64 bits per heavy atom. The number of aromatic nitrogens is 1. The lowest BCUT2D eigenvalue weighted by Crippen LogP contribution is -1.82. The molecule has 2 heteroatoms. The second-order valence-corrected chi connectivity index (χ2v) is 2.79. The van der Waals surface area contributed by atoms with Crippen LogP contribution in [0.1, 0.15) is 19.4 Å². The molecule has 11 heavy (non-hydrogen) atoms. The van der Waals surface area contributed by atoms with E-state index in [1.807, 2.05) is 25.3 Å². The number of pyridine rings is 1. The van der Waals surface area contributed by atoms with Gasteiger partial charge in [-0.3, -0.25) is 0 Å². The summed E-state index contributed by atoms with van der Waals surface area (Å²) in [4.78, 5) is 2.99. The van der Waals surface area contributed by atoms with Crippen molar-refractivity contribution in [2.45, 2.75) is 13.8 Å². The van der Waals surface area contributed by atoms with Gasteiger partial charge in [-0.1, -0.05) is 24.4 Å². The number of H-pyrrole nitrogens is 1. The first-order chi connectivity index (χ1) is 5.25. The molecule has 0 aliphatic heterocycles. The Labute approximate surface area is 71.8 Å². The molecule has 0 aliphatic rings. The summed E-state index contributed by atoms with van der Waals surface area (Å²) in [5, 5.41) is 0. The number of hydrogen-bond donors (Lipinski definition) is 1. The van der Waals surface area contributed by atoms with Crippen molar-refractivity contribution in [2.75, 3.05) is 0 Å². The van der Waals surface area contributed by atoms with Crippen molar-refractivity contribution in [2.24, 2.45) is 0 Å². The molecule has 0 unspecified atom stereocenters. The molecule has 1 rings (SSSR count). The highest BCUT2D eigenvalue weighted by atomic mass is 32.1. The Kier molecular flexibility index (Phi) is 2.60. The van der Waals surface area contributed by atoms with Gasteiger partial charge in [-0.15, -0.1) is 0 Å². The van der Waals surface area contributed by atoms with Gasteiger partial charge in [-0.05, 0) is 25.5 Å². The number of aromatic amines is 1. The fourth-order valence-corrected chi connectivity index (χ4v) is 1.18. The molecule has 1 aromatic heterocycles. The van der Waals surface area contributed by atoms with Crippen LogP contribution >= 0.6 is 12.2 Å². The van der Waals surface area contributed by atoms with Gasteiger partial charge in [0.15, 0.2) is 0 Å². The molecular formula is C9H11NS. The standard InChI is InChI=1S/C9H11NS/c1-3-7(2)8-5-4-6-10-9(8)11/h3-6H,1-2H3,(H,10,11)/b7-3-. The van der Waals surface area contributed by atoms with Gasteiger partial charge >= 0.3 is 0 Å². The quantitative estimate of drug-likeness (QED) is 0.632. The van der Waals surface area contributed by atoms with Crippen molar-refractivity contribution in [3.63, 3.8) is 0 Å². The summed E-state index contributed by atoms with van der Waals surface area (Å²) in [6, 6.07) is 3.98. The van der Waals surface area contributed by atoms with Gasteiger partial charge in [-0.2, -0.15) is 0 Å². The third kappa shape index (κ3) is 1.77. The fourth-order valence-electron chi connectivity index (χ4n) is 0.888. The Balaban J connectivity index is 3.25. The minimum absolute atomic E-state index is 0.808. The molecule has 0 bridgehead atoms. The summed E-state index contributed by atoms with van der Waals surface area (Å²) >= 11 is 5.10. The second-order valence-electron chi connectivity index (χ2n) is 2.38. The SMILES string of the molecule is C/C=C(/C)c1ccc[nH]c1=S. The van der Waals surface area contributed by atoms with Gasteiger partial charge in [0.1, 0.15) is 4.64 Å². The molecule has 1 heterocycles. The third-order valence-corrected chi connectivity index (χ3v) is 2.01. The largest absolute Gasteiger partial charge is 0.352 e. The first-order valence-electron chi connectivity index (χ1n) is 3.56. The topological polar surface area (TPSA) is 15.8 Å².